The first-order valence-electron chi connectivity index (χ1n) is 9.64. The average Bonchev–Trinajstić information content (AvgIpc) is 3.17. The molecular weight excluding hydrogens is 376 g/mol. The number of ketones is 1. The van der Waals surface area contributed by atoms with Gasteiger partial charge >= 0.3 is 0 Å². The number of hydrogen-bond acceptors (Lipinski definition) is 6. The van der Waals surface area contributed by atoms with E-state index in [1.54, 1.807) is 25.5 Å². The zero-order valence-electron chi connectivity index (χ0n) is 15.8. The number of carbonyl (C=O) groups excluding carboxylic acids is 1. The summed E-state index contributed by atoms with van der Waals surface area (Å²) >= 11 is 6.22. The van der Waals surface area contributed by atoms with Crippen molar-refractivity contribution in [1.82, 2.24) is 15.2 Å². The molecule has 0 aromatic carbocycles. The number of halogens is 1. The molecule has 1 unspecified atom stereocenters. The minimum Gasteiger partial charge on any atom is -0.472 e. The second-order valence-corrected chi connectivity index (χ2v) is 7.80. The van der Waals surface area contributed by atoms with Gasteiger partial charge in [0, 0.05) is 31.1 Å². The standard InChI is InChI=1S/C21H23ClN4O2/c1-14(27)15-2-4-16(5-3-15)17-6-8-23-21(10-17)28-18-7-9-26(13-18)20-12-25-24-11-19(20)22/h4,6,8,10-12,15,18H,2-3,5,7,9,13H2,1H3/t15?,18-/m1/s1. The number of pyridine rings is 1. The van der Waals surface area contributed by atoms with E-state index in [0.717, 1.165) is 50.0 Å². The molecule has 1 aliphatic heterocycles. The van der Waals surface area contributed by atoms with E-state index in [1.807, 2.05) is 12.1 Å². The Labute approximate surface area is 169 Å². The zero-order chi connectivity index (χ0) is 19.5. The summed E-state index contributed by atoms with van der Waals surface area (Å²) < 4.78 is 6.14. The van der Waals surface area contributed by atoms with Gasteiger partial charge in [-0.3, -0.25) is 4.79 Å². The van der Waals surface area contributed by atoms with E-state index in [2.05, 4.69) is 26.2 Å². The van der Waals surface area contributed by atoms with Crippen LogP contribution in [0.15, 0.2) is 36.8 Å². The lowest BCUT2D eigenvalue weighted by atomic mass is 9.85. The third kappa shape index (κ3) is 4.17. The zero-order valence-corrected chi connectivity index (χ0v) is 16.6. The predicted molar refractivity (Wildman–Crippen MR) is 109 cm³/mol. The van der Waals surface area contributed by atoms with Gasteiger partial charge in [0.2, 0.25) is 5.88 Å². The fourth-order valence-corrected chi connectivity index (χ4v) is 4.10. The van der Waals surface area contributed by atoms with Crippen LogP contribution in [0.1, 0.15) is 38.2 Å². The number of ether oxygens (including phenoxy) is 1. The Morgan fingerprint density at radius 3 is 2.89 bits per heavy atom. The quantitative estimate of drug-likeness (QED) is 0.759. The number of nitrogens with zero attached hydrogens (tertiary/aromatic N) is 4. The molecular formula is C21H23ClN4O2. The van der Waals surface area contributed by atoms with E-state index in [9.17, 15) is 4.79 Å². The molecule has 0 amide bonds. The molecule has 2 atom stereocenters. The fourth-order valence-electron chi connectivity index (χ4n) is 3.89. The fraction of sp³-hybridized carbons (Fsp3) is 0.429. The summed E-state index contributed by atoms with van der Waals surface area (Å²) in [5, 5.41) is 8.32. The Morgan fingerprint density at radius 1 is 1.29 bits per heavy atom. The Bertz CT molecular complexity index is 901. The predicted octanol–water partition coefficient (Wildman–Crippen LogP) is 3.96. The molecule has 1 saturated heterocycles. The topological polar surface area (TPSA) is 68.2 Å². The van der Waals surface area contributed by atoms with Crippen LogP contribution in [0.2, 0.25) is 5.02 Å². The SMILES string of the molecule is CC(=O)C1CC=C(c2ccnc(O[C@@H]3CCN(c4cnncc4Cl)C3)c2)CC1. The Balaban J connectivity index is 1.41. The molecule has 1 aliphatic carbocycles. The van der Waals surface area contributed by atoms with Crippen molar-refractivity contribution in [2.75, 3.05) is 18.0 Å². The van der Waals surface area contributed by atoms with Crippen LogP contribution in [-0.4, -0.2) is 40.2 Å². The minimum atomic E-state index is 0.0504. The number of anilines is 1. The van der Waals surface area contributed by atoms with Crippen molar-refractivity contribution in [3.05, 3.63) is 47.4 Å². The van der Waals surface area contributed by atoms with Crippen LogP contribution in [0.5, 0.6) is 5.88 Å². The maximum Gasteiger partial charge on any atom is 0.214 e. The van der Waals surface area contributed by atoms with E-state index < -0.39 is 0 Å². The number of Topliss-reactive ketones (excluding diaryl/α,β-unsaturated/α-hetero) is 1. The van der Waals surface area contributed by atoms with Crippen LogP contribution in [0.4, 0.5) is 5.69 Å². The van der Waals surface area contributed by atoms with Crippen molar-refractivity contribution in [2.45, 2.75) is 38.7 Å². The van der Waals surface area contributed by atoms with Gasteiger partial charge in [-0.05, 0) is 43.4 Å². The van der Waals surface area contributed by atoms with Gasteiger partial charge in [-0.1, -0.05) is 17.7 Å². The van der Waals surface area contributed by atoms with Crippen LogP contribution in [-0.2, 0) is 4.79 Å². The van der Waals surface area contributed by atoms with Gasteiger partial charge in [0.1, 0.15) is 11.9 Å². The monoisotopic (exact) mass is 398 g/mol. The number of rotatable bonds is 5. The third-order valence-electron chi connectivity index (χ3n) is 5.53. The Kier molecular flexibility index (Phi) is 5.57. The second-order valence-electron chi connectivity index (χ2n) is 7.39. The van der Waals surface area contributed by atoms with Crippen molar-refractivity contribution in [3.63, 3.8) is 0 Å². The van der Waals surface area contributed by atoms with Gasteiger partial charge < -0.3 is 9.64 Å². The van der Waals surface area contributed by atoms with Crippen molar-refractivity contribution in [1.29, 1.82) is 0 Å². The summed E-state index contributed by atoms with van der Waals surface area (Å²) in [6.45, 7) is 3.27. The van der Waals surface area contributed by atoms with Gasteiger partial charge in [0.15, 0.2) is 0 Å². The van der Waals surface area contributed by atoms with E-state index in [0.29, 0.717) is 10.9 Å². The molecule has 0 spiro atoms. The Hall–Kier alpha value is -2.47. The van der Waals surface area contributed by atoms with Gasteiger partial charge in [0.25, 0.3) is 0 Å². The smallest absolute Gasteiger partial charge is 0.214 e. The molecule has 0 bridgehead atoms. The number of hydrogen-bond donors (Lipinski definition) is 0. The van der Waals surface area contributed by atoms with E-state index in [4.69, 9.17) is 16.3 Å². The van der Waals surface area contributed by atoms with Crippen molar-refractivity contribution in [3.8, 4) is 5.88 Å². The van der Waals surface area contributed by atoms with Crippen LogP contribution in [0.25, 0.3) is 5.57 Å². The normalized spacial score (nSPS) is 22.1. The van der Waals surface area contributed by atoms with Crippen molar-refractivity contribution < 1.29 is 9.53 Å². The molecule has 0 N–H and O–H groups in total. The summed E-state index contributed by atoms with van der Waals surface area (Å²) in [4.78, 5) is 18.1. The molecule has 2 aromatic rings. The molecule has 2 aliphatic rings. The second kappa shape index (κ2) is 8.27. The van der Waals surface area contributed by atoms with Crippen molar-refractivity contribution >= 4 is 28.6 Å². The lowest BCUT2D eigenvalue weighted by molar-refractivity contribution is -0.120. The molecule has 0 radical (unpaired) electrons. The van der Waals surface area contributed by atoms with Gasteiger partial charge in [-0.2, -0.15) is 10.2 Å². The molecule has 28 heavy (non-hydrogen) atoms. The molecule has 7 heteroatoms. The highest BCUT2D eigenvalue weighted by Gasteiger charge is 2.26. The van der Waals surface area contributed by atoms with Gasteiger partial charge in [0.05, 0.1) is 29.6 Å². The number of aromatic nitrogens is 3. The molecule has 1 fully saturated rings. The highest BCUT2D eigenvalue weighted by molar-refractivity contribution is 6.33. The first-order chi connectivity index (χ1) is 13.6. The van der Waals surface area contributed by atoms with E-state index >= 15 is 0 Å². The van der Waals surface area contributed by atoms with Crippen molar-refractivity contribution in [2.24, 2.45) is 5.92 Å². The Morgan fingerprint density at radius 2 is 2.14 bits per heavy atom. The maximum atomic E-state index is 11.6. The largest absolute Gasteiger partial charge is 0.472 e. The summed E-state index contributed by atoms with van der Waals surface area (Å²) in [6.07, 6.45) is 10.8. The first kappa shape index (κ1) is 18.9. The van der Waals surface area contributed by atoms with Crippen LogP contribution < -0.4 is 9.64 Å². The summed E-state index contributed by atoms with van der Waals surface area (Å²) in [7, 11) is 0. The third-order valence-corrected chi connectivity index (χ3v) is 5.82. The highest BCUT2D eigenvalue weighted by Crippen LogP contribution is 2.32. The molecule has 6 nitrogen and oxygen atoms in total. The van der Waals surface area contributed by atoms with Gasteiger partial charge in [-0.15, -0.1) is 0 Å². The number of allylic oxidation sites excluding steroid dienone is 2. The maximum absolute atomic E-state index is 11.6. The van der Waals surface area contributed by atoms with Gasteiger partial charge in [-0.25, -0.2) is 4.98 Å². The van der Waals surface area contributed by atoms with Crippen LogP contribution in [0.3, 0.4) is 0 Å². The average molecular weight is 399 g/mol. The minimum absolute atomic E-state index is 0.0504. The van der Waals surface area contributed by atoms with Crippen LogP contribution >= 0.6 is 11.6 Å². The van der Waals surface area contributed by atoms with E-state index in [1.165, 1.54) is 5.57 Å². The molecule has 0 saturated carbocycles. The molecule has 146 valence electrons. The molecule has 3 heterocycles. The molecule has 2 aromatic heterocycles. The molecule has 4 rings (SSSR count). The van der Waals surface area contributed by atoms with Crippen LogP contribution in [0, 0.1) is 5.92 Å². The lowest BCUT2D eigenvalue weighted by Gasteiger charge is -2.21. The first-order valence-corrected chi connectivity index (χ1v) is 10.0. The summed E-state index contributed by atoms with van der Waals surface area (Å²) in [5.74, 6) is 1.09. The lowest BCUT2D eigenvalue weighted by Crippen LogP contribution is -2.25. The summed E-state index contributed by atoms with van der Waals surface area (Å²) in [6, 6.07) is 4.01. The van der Waals surface area contributed by atoms with E-state index in [-0.39, 0.29) is 17.8 Å². The number of carbonyl (C=O) groups is 1. The summed E-state index contributed by atoms with van der Waals surface area (Å²) in [5.41, 5.74) is 3.28. The highest BCUT2D eigenvalue weighted by atomic mass is 35.5.